The van der Waals surface area contributed by atoms with Crippen molar-refractivity contribution < 1.29 is 36.5 Å². The molecule has 0 unspecified atom stereocenters. The maximum atomic E-state index is 13.5. The number of fused-ring (bicyclic) bond motifs is 1. The summed E-state index contributed by atoms with van der Waals surface area (Å²) in [5.41, 5.74) is 1.99. The highest BCUT2D eigenvalue weighted by Gasteiger charge is 2.38. The van der Waals surface area contributed by atoms with Crippen LogP contribution in [0.5, 0.6) is 0 Å². The van der Waals surface area contributed by atoms with E-state index in [1.54, 1.807) is 26.3 Å². The lowest BCUT2D eigenvalue weighted by Crippen LogP contribution is -2.56. The predicted molar refractivity (Wildman–Crippen MR) is 142 cm³/mol. The summed E-state index contributed by atoms with van der Waals surface area (Å²) in [5, 5.41) is 16.1. The smallest absolute Gasteiger partial charge is 0.318 e. The van der Waals surface area contributed by atoms with Crippen molar-refractivity contribution in [1.29, 1.82) is 0 Å². The van der Waals surface area contributed by atoms with Gasteiger partial charge in [-0.15, -0.1) is 0 Å². The second kappa shape index (κ2) is 14.4. The van der Waals surface area contributed by atoms with Crippen molar-refractivity contribution in [1.82, 2.24) is 40.4 Å². The van der Waals surface area contributed by atoms with E-state index in [1.807, 2.05) is 13.8 Å². The van der Waals surface area contributed by atoms with Gasteiger partial charge in [-0.2, -0.15) is 5.10 Å². The summed E-state index contributed by atoms with van der Waals surface area (Å²) in [7, 11) is 1.70. The number of aromatic nitrogens is 5. The minimum atomic E-state index is -2.98. The molecule has 1 saturated heterocycles. The summed E-state index contributed by atoms with van der Waals surface area (Å²) < 4.78 is 62.2. The van der Waals surface area contributed by atoms with Gasteiger partial charge in [-0.3, -0.25) is 4.79 Å². The number of aryl methyl sites for hydroxylation is 1. The number of carbonyl (C=O) groups is 2. The van der Waals surface area contributed by atoms with Gasteiger partial charge in [0, 0.05) is 26.5 Å². The largest absolute Gasteiger partial charge is 0.382 e. The number of urea groups is 1. The zero-order valence-electron chi connectivity index (χ0n) is 24.0. The second-order valence-corrected chi connectivity index (χ2v) is 10.4. The van der Waals surface area contributed by atoms with Gasteiger partial charge < -0.3 is 20.3 Å². The van der Waals surface area contributed by atoms with E-state index in [4.69, 9.17) is 4.74 Å². The molecule has 3 aromatic rings. The summed E-state index contributed by atoms with van der Waals surface area (Å²) in [6.45, 7) is 4.36. The molecule has 0 spiro atoms. The van der Waals surface area contributed by atoms with Crippen LogP contribution in [0, 0.1) is 6.92 Å². The van der Waals surface area contributed by atoms with Crippen LogP contribution in [-0.2, 0) is 17.8 Å². The van der Waals surface area contributed by atoms with Gasteiger partial charge >= 0.3 is 6.03 Å². The quantitative estimate of drug-likeness (QED) is 0.403. The minimum Gasteiger partial charge on any atom is -0.382 e. The molecule has 12 nitrogen and oxygen atoms in total. The Hall–Kier alpha value is -3.82. The number of alkyl halides is 4. The van der Waals surface area contributed by atoms with Crippen LogP contribution in [0.4, 0.5) is 22.4 Å². The van der Waals surface area contributed by atoms with Gasteiger partial charge in [-0.05, 0) is 50.4 Å². The van der Waals surface area contributed by atoms with Crippen LogP contribution in [0.15, 0.2) is 23.1 Å². The number of rotatable bonds is 6. The number of halogens is 4. The van der Waals surface area contributed by atoms with E-state index in [1.165, 1.54) is 10.7 Å². The fourth-order valence-electron chi connectivity index (χ4n) is 3.97. The van der Waals surface area contributed by atoms with E-state index < -0.39 is 36.9 Å². The van der Waals surface area contributed by atoms with Crippen molar-refractivity contribution in [2.45, 2.75) is 83.9 Å². The first-order valence-electron chi connectivity index (χ1n) is 13.5. The summed E-state index contributed by atoms with van der Waals surface area (Å²) in [6.07, 6.45) is 6.14. The highest BCUT2D eigenvalue weighted by atomic mass is 19.3. The Labute approximate surface area is 240 Å². The molecule has 1 saturated carbocycles. The standard InChI is InChI=1S/C16H16F2N8O3.C6H10F2.C4H10O/c1-9-13(24-29-23-9)14(27)19-4-11-6-26-12(22-11)2-10(3-21-26)5-25-8-16(17,18)7-20-15(25)28;7-6(8)4-2-1-3-5-6;1-4(2)5-3/h2-3,6H,4-5,7-8H2,1H3,(H,19,27)(H,20,28);1-5H2;4H,1-3H3. The number of carbonyl (C=O) groups excluding carboxylic acids is 2. The number of imidazole rings is 1. The van der Waals surface area contributed by atoms with Crippen molar-refractivity contribution in [3.63, 3.8) is 0 Å². The highest BCUT2D eigenvalue weighted by molar-refractivity contribution is 5.92. The number of nitrogens with zero attached hydrogens (tertiary/aromatic N) is 6. The van der Waals surface area contributed by atoms with Crippen molar-refractivity contribution >= 4 is 17.6 Å². The van der Waals surface area contributed by atoms with Gasteiger partial charge in [0.15, 0.2) is 11.3 Å². The number of methoxy groups -OCH3 is 1. The molecule has 2 aliphatic rings. The molecule has 0 radical (unpaired) electrons. The molecule has 3 amide bonds. The van der Waals surface area contributed by atoms with Crippen LogP contribution < -0.4 is 10.6 Å². The number of amides is 3. The maximum Gasteiger partial charge on any atom is 0.318 e. The predicted octanol–water partition coefficient (Wildman–Crippen LogP) is 4.14. The Morgan fingerprint density at radius 1 is 1.17 bits per heavy atom. The van der Waals surface area contributed by atoms with E-state index in [-0.39, 0.29) is 31.6 Å². The summed E-state index contributed by atoms with van der Waals surface area (Å²) in [6, 6.07) is 1.09. The third-order valence-electron chi connectivity index (χ3n) is 6.36. The van der Waals surface area contributed by atoms with Gasteiger partial charge in [0.05, 0.1) is 43.8 Å². The molecule has 232 valence electrons. The third-order valence-corrected chi connectivity index (χ3v) is 6.36. The Kier molecular flexibility index (Phi) is 11.2. The lowest BCUT2D eigenvalue weighted by atomic mass is 9.97. The average Bonchev–Trinajstić information content (AvgIpc) is 3.55. The van der Waals surface area contributed by atoms with E-state index in [0.717, 1.165) is 11.3 Å². The first kappa shape index (κ1) is 32.7. The normalized spacial score (nSPS) is 17.5. The molecule has 2 N–H and O–H groups in total. The Morgan fingerprint density at radius 2 is 1.86 bits per heavy atom. The zero-order valence-corrected chi connectivity index (χ0v) is 24.0. The highest BCUT2D eigenvalue weighted by Crippen LogP contribution is 2.32. The number of hydrogen-bond donors (Lipinski definition) is 2. The molecule has 2 fully saturated rings. The molecule has 0 bridgehead atoms. The van der Waals surface area contributed by atoms with Crippen molar-refractivity contribution in [2.24, 2.45) is 0 Å². The van der Waals surface area contributed by atoms with Gasteiger partial charge in [-0.1, -0.05) is 11.6 Å². The van der Waals surface area contributed by atoms with E-state index in [0.29, 0.717) is 41.5 Å². The van der Waals surface area contributed by atoms with Crippen LogP contribution in [-0.4, -0.2) is 79.9 Å². The lowest BCUT2D eigenvalue weighted by Gasteiger charge is -2.32. The number of hydrogen-bond acceptors (Lipinski definition) is 8. The minimum absolute atomic E-state index is 0.0255. The summed E-state index contributed by atoms with van der Waals surface area (Å²) in [5.74, 6) is -5.76. The van der Waals surface area contributed by atoms with Gasteiger partial charge in [0.2, 0.25) is 5.92 Å². The first-order valence-corrected chi connectivity index (χ1v) is 13.5. The van der Waals surface area contributed by atoms with E-state index in [2.05, 4.69) is 35.7 Å². The van der Waals surface area contributed by atoms with Crippen LogP contribution in [0.2, 0.25) is 0 Å². The molecular weight excluding hydrogens is 564 g/mol. The van der Waals surface area contributed by atoms with Gasteiger partial charge in [-0.25, -0.2) is 36.5 Å². The van der Waals surface area contributed by atoms with E-state index >= 15 is 0 Å². The van der Waals surface area contributed by atoms with Crippen molar-refractivity contribution in [2.75, 3.05) is 20.2 Å². The van der Waals surface area contributed by atoms with E-state index in [9.17, 15) is 27.2 Å². The zero-order chi connectivity index (χ0) is 30.9. The molecule has 4 heterocycles. The molecule has 0 atom stereocenters. The van der Waals surface area contributed by atoms with Crippen LogP contribution in [0.25, 0.3) is 5.65 Å². The Balaban J connectivity index is 0.000000309. The summed E-state index contributed by atoms with van der Waals surface area (Å²) in [4.78, 5) is 29.2. The number of ether oxygens (including phenoxy) is 1. The average molecular weight is 601 g/mol. The molecular formula is C26H36F4N8O4. The second-order valence-electron chi connectivity index (χ2n) is 10.4. The molecule has 42 heavy (non-hydrogen) atoms. The first-order chi connectivity index (χ1) is 19.8. The van der Waals surface area contributed by atoms with Crippen LogP contribution in [0.3, 0.4) is 0 Å². The fourth-order valence-corrected chi connectivity index (χ4v) is 3.97. The van der Waals surface area contributed by atoms with Gasteiger partial charge in [0.1, 0.15) is 5.69 Å². The monoisotopic (exact) mass is 600 g/mol. The third kappa shape index (κ3) is 9.92. The topological polar surface area (TPSA) is 140 Å². The summed E-state index contributed by atoms with van der Waals surface area (Å²) >= 11 is 0. The van der Waals surface area contributed by atoms with Crippen molar-refractivity contribution in [3.05, 3.63) is 41.1 Å². The number of nitrogens with one attached hydrogen (secondary N) is 2. The molecule has 3 aromatic heterocycles. The molecule has 5 rings (SSSR count). The van der Waals surface area contributed by atoms with Crippen molar-refractivity contribution in [3.8, 4) is 0 Å². The van der Waals surface area contributed by atoms with Crippen LogP contribution >= 0.6 is 0 Å². The Bertz CT molecular complexity index is 1320. The SMILES string of the molecule is COC(C)C.Cc1nonc1C(=O)NCc1cn2ncc(CN3CC(F)(F)CNC3=O)cc2n1.FC1(F)CCCCC1. The fraction of sp³-hybridized carbons (Fsp3) is 0.615. The molecule has 1 aliphatic heterocycles. The lowest BCUT2D eigenvalue weighted by molar-refractivity contribution is -0.0368. The van der Waals surface area contributed by atoms with Gasteiger partial charge in [0.25, 0.3) is 11.8 Å². The Morgan fingerprint density at radius 3 is 2.43 bits per heavy atom. The molecule has 1 aliphatic carbocycles. The maximum absolute atomic E-state index is 13.5. The van der Waals surface area contributed by atoms with Crippen LogP contribution in [0.1, 0.15) is 73.4 Å². The molecule has 16 heteroatoms. The molecule has 0 aromatic carbocycles.